The maximum absolute atomic E-state index is 11.8. The number of carbonyl (C=O) groups excluding carboxylic acids is 1. The van der Waals surface area contributed by atoms with Crippen molar-refractivity contribution in [3.63, 3.8) is 0 Å². The Morgan fingerprint density at radius 2 is 1.82 bits per heavy atom. The molecule has 1 fully saturated rings. The number of hydrogen-bond donors (Lipinski definition) is 1. The quantitative estimate of drug-likeness (QED) is 0.662. The van der Waals surface area contributed by atoms with Gasteiger partial charge in [0.15, 0.2) is 0 Å². The largest absolute Gasteiger partial charge is 0.328 e. The third kappa shape index (κ3) is 6.79. The van der Waals surface area contributed by atoms with E-state index in [2.05, 4.69) is 11.8 Å². The van der Waals surface area contributed by atoms with Gasteiger partial charge in [-0.05, 0) is 19.3 Å². The highest BCUT2D eigenvalue weighted by atomic mass is 16.1. The minimum absolute atomic E-state index is 0.357. The fraction of sp³-hybridized carbons (Fsp3) is 0.929. The fourth-order valence-electron chi connectivity index (χ4n) is 2.37. The lowest BCUT2D eigenvalue weighted by Crippen LogP contribution is -2.41. The zero-order chi connectivity index (χ0) is 12.5. The molecule has 0 amide bonds. The molecule has 0 aromatic carbocycles. The summed E-state index contributed by atoms with van der Waals surface area (Å²) in [5, 5.41) is 0. The van der Waals surface area contributed by atoms with Gasteiger partial charge in [0.1, 0.15) is 5.78 Å². The van der Waals surface area contributed by atoms with Crippen molar-refractivity contribution in [3.8, 4) is 0 Å². The zero-order valence-electron chi connectivity index (χ0n) is 11.3. The van der Waals surface area contributed by atoms with Crippen LogP contribution in [-0.2, 0) is 4.79 Å². The monoisotopic (exact) mass is 240 g/mol. The van der Waals surface area contributed by atoms with Gasteiger partial charge in [0, 0.05) is 25.6 Å². The maximum atomic E-state index is 11.8. The summed E-state index contributed by atoms with van der Waals surface area (Å²) in [6.07, 6.45) is 9.00. The first-order chi connectivity index (χ1) is 8.22. The highest BCUT2D eigenvalue weighted by Gasteiger charge is 2.17. The van der Waals surface area contributed by atoms with Crippen LogP contribution in [0.3, 0.4) is 0 Å². The molecule has 1 heterocycles. The second-order valence-corrected chi connectivity index (χ2v) is 5.32. The van der Waals surface area contributed by atoms with E-state index in [-0.39, 0.29) is 0 Å². The van der Waals surface area contributed by atoms with Crippen molar-refractivity contribution in [2.75, 3.05) is 19.6 Å². The highest BCUT2D eigenvalue weighted by molar-refractivity contribution is 5.80. The number of rotatable bonds is 8. The molecule has 0 aliphatic carbocycles. The van der Waals surface area contributed by atoms with Crippen molar-refractivity contribution in [1.82, 2.24) is 4.90 Å². The van der Waals surface area contributed by atoms with Crippen LogP contribution < -0.4 is 5.73 Å². The number of carbonyl (C=O) groups is 1. The van der Waals surface area contributed by atoms with Crippen LogP contribution in [0.5, 0.6) is 0 Å². The molecule has 0 unspecified atom stereocenters. The molecule has 0 atom stereocenters. The van der Waals surface area contributed by atoms with E-state index in [0.717, 1.165) is 38.8 Å². The van der Waals surface area contributed by atoms with Crippen molar-refractivity contribution in [1.29, 1.82) is 0 Å². The van der Waals surface area contributed by atoms with Gasteiger partial charge in [-0.25, -0.2) is 0 Å². The van der Waals surface area contributed by atoms with E-state index in [1.807, 2.05) is 0 Å². The number of ketones is 1. The molecule has 17 heavy (non-hydrogen) atoms. The topological polar surface area (TPSA) is 46.3 Å². The number of likely N-dealkylation sites (tertiary alicyclic amines) is 1. The molecular formula is C14H28N2O. The predicted octanol–water partition coefficient (Wildman–Crippen LogP) is 2.34. The molecule has 0 aromatic rings. The van der Waals surface area contributed by atoms with Gasteiger partial charge in [0.2, 0.25) is 0 Å². The van der Waals surface area contributed by atoms with Crippen LogP contribution in [-0.4, -0.2) is 36.4 Å². The molecule has 2 N–H and O–H groups in total. The molecule has 1 aliphatic heterocycles. The predicted molar refractivity (Wildman–Crippen MR) is 72.0 cm³/mol. The van der Waals surface area contributed by atoms with Gasteiger partial charge in [-0.15, -0.1) is 0 Å². The van der Waals surface area contributed by atoms with Gasteiger partial charge < -0.3 is 5.73 Å². The third-order valence-electron chi connectivity index (χ3n) is 3.59. The summed E-state index contributed by atoms with van der Waals surface area (Å²) in [5.41, 5.74) is 5.84. The minimum Gasteiger partial charge on any atom is -0.328 e. The number of nitrogens with two attached hydrogens (primary N) is 1. The third-order valence-corrected chi connectivity index (χ3v) is 3.59. The Morgan fingerprint density at radius 3 is 2.47 bits per heavy atom. The van der Waals surface area contributed by atoms with Crippen LogP contribution in [0.4, 0.5) is 0 Å². The van der Waals surface area contributed by atoms with Crippen molar-refractivity contribution >= 4 is 5.78 Å². The van der Waals surface area contributed by atoms with Gasteiger partial charge in [-0.3, -0.25) is 9.69 Å². The molecule has 0 spiro atoms. The lowest BCUT2D eigenvalue weighted by atomic mass is 10.0. The van der Waals surface area contributed by atoms with Crippen LogP contribution >= 0.6 is 0 Å². The molecule has 0 bridgehead atoms. The summed E-state index contributed by atoms with van der Waals surface area (Å²) < 4.78 is 0. The first-order valence-electron chi connectivity index (χ1n) is 7.22. The highest BCUT2D eigenvalue weighted by Crippen LogP contribution is 2.10. The SMILES string of the molecule is CCCCCCCC(=O)CN1CCC(N)CC1. The smallest absolute Gasteiger partial charge is 0.146 e. The van der Waals surface area contributed by atoms with E-state index in [1.165, 1.54) is 25.7 Å². The Balaban J connectivity index is 2.00. The van der Waals surface area contributed by atoms with Crippen LogP contribution in [0, 0.1) is 0 Å². The van der Waals surface area contributed by atoms with E-state index in [9.17, 15) is 4.79 Å². The lowest BCUT2D eigenvalue weighted by Gasteiger charge is -2.29. The number of hydrogen-bond acceptors (Lipinski definition) is 3. The Kier molecular flexibility index (Phi) is 7.45. The zero-order valence-corrected chi connectivity index (χ0v) is 11.3. The van der Waals surface area contributed by atoms with E-state index in [4.69, 9.17) is 5.73 Å². The van der Waals surface area contributed by atoms with Gasteiger partial charge in [-0.1, -0.05) is 32.6 Å². The van der Waals surface area contributed by atoms with Gasteiger partial charge in [0.25, 0.3) is 0 Å². The number of Topliss-reactive ketones (excluding diaryl/α,β-unsaturated/α-hetero) is 1. The van der Waals surface area contributed by atoms with Gasteiger partial charge in [-0.2, -0.15) is 0 Å². The van der Waals surface area contributed by atoms with Crippen molar-refractivity contribution in [2.24, 2.45) is 5.73 Å². The summed E-state index contributed by atoms with van der Waals surface area (Å²) in [4.78, 5) is 14.0. The number of unbranched alkanes of at least 4 members (excludes halogenated alkanes) is 4. The Labute approximate surface area is 106 Å². The molecule has 0 saturated carbocycles. The van der Waals surface area contributed by atoms with Crippen LogP contribution in [0.25, 0.3) is 0 Å². The number of nitrogens with zero attached hydrogens (tertiary/aromatic N) is 1. The second kappa shape index (κ2) is 8.65. The van der Waals surface area contributed by atoms with Gasteiger partial charge in [0.05, 0.1) is 6.54 Å². The Hall–Kier alpha value is -0.410. The molecule has 1 saturated heterocycles. The molecule has 100 valence electrons. The summed E-state index contributed by atoms with van der Waals surface area (Å²) in [5.74, 6) is 0.414. The lowest BCUT2D eigenvalue weighted by molar-refractivity contribution is -0.120. The fourth-order valence-corrected chi connectivity index (χ4v) is 2.37. The minimum atomic E-state index is 0.357. The van der Waals surface area contributed by atoms with E-state index in [1.54, 1.807) is 0 Å². The maximum Gasteiger partial charge on any atom is 0.146 e. The van der Waals surface area contributed by atoms with Crippen LogP contribution in [0.1, 0.15) is 58.3 Å². The van der Waals surface area contributed by atoms with Crippen molar-refractivity contribution in [2.45, 2.75) is 64.3 Å². The van der Waals surface area contributed by atoms with E-state index >= 15 is 0 Å². The van der Waals surface area contributed by atoms with Crippen molar-refractivity contribution < 1.29 is 4.79 Å². The molecule has 1 aliphatic rings. The number of piperidine rings is 1. The molecule has 3 nitrogen and oxygen atoms in total. The van der Waals surface area contributed by atoms with Gasteiger partial charge >= 0.3 is 0 Å². The molecule has 3 heteroatoms. The van der Waals surface area contributed by atoms with Crippen LogP contribution in [0.15, 0.2) is 0 Å². The summed E-state index contributed by atoms with van der Waals surface area (Å²) in [6, 6.07) is 0.357. The average molecular weight is 240 g/mol. The summed E-state index contributed by atoms with van der Waals surface area (Å²) in [6.45, 7) is 4.87. The first kappa shape index (κ1) is 14.7. The molecule has 0 radical (unpaired) electrons. The average Bonchev–Trinajstić information content (AvgIpc) is 2.32. The Morgan fingerprint density at radius 1 is 1.18 bits per heavy atom. The van der Waals surface area contributed by atoms with Crippen molar-refractivity contribution in [3.05, 3.63) is 0 Å². The van der Waals surface area contributed by atoms with E-state index < -0.39 is 0 Å². The Bertz CT molecular complexity index is 210. The normalized spacial score (nSPS) is 18.5. The summed E-state index contributed by atoms with van der Waals surface area (Å²) in [7, 11) is 0. The summed E-state index contributed by atoms with van der Waals surface area (Å²) >= 11 is 0. The van der Waals surface area contributed by atoms with Crippen LogP contribution in [0.2, 0.25) is 0 Å². The standard InChI is InChI=1S/C14H28N2O/c1-2-3-4-5-6-7-14(17)12-16-10-8-13(15)9-11-16/h13H,2-12,15H2,1H3. The molecule has 0 aromatic heterocycles. The second-order valence-electron chi connectivity index (χ2n) is 5.32. The first-order valence-corrected chi connectivity index (χ1v) is 7.22. The molecular weight excluding hydrogens is 212 g/mol. The van der Waals surface area contributed by atoms with E-state index in [0.29, 0.717) is 18.4 Å². The molecule has 1 rings (SSSR count).